The predicted octanol–water partition coefficient (Wildman–Crippen LogP) is 3.05. The summed E-state index contributed by atoms with van der Waals surface area (Å²) in [5.41, 5.74) is 2.28. The molecule has 1 saturated heterocycles. The first kappa shape index (κ1) is 15.0. The van der Waals surface area contributed by atoms with Gasteiger partial charge < -0.3 is 14.8 Å². The van der Waals surface area contributed by atoms with Crippen molar-refractivity contribution in [3.05, 3.63) is 54.1 Å². The van der Waals surface area contributed by atoms with Gasteiger partial charge in [0, 0.05) is 31.7 Å². The number of thiocarbonyl (C=S) groups is 1. The van der Waals surface area contributed by atoms with Gasteiger partial charge in [0.15, 0.2) is 5.11 Å². The molecule has 3 heterocycles. The largest absolute Gasteiger partial charge is 0.353 e. The van der Waals surface area contributed by atoms with Crippen LogP contribution < -0.4 is 5.32 Å². The third kappa shape index (κ3) is 2.73. The zero-order valence-electron chi connectivity index (χ0n) is 13.2. The molecule has 2 unspecified atom stereocenters. The Hall–Kier alpha value is -1.88. The Morgan fingerprint density at radius 3 is 2.68 bits per heavy atom. The summed E-state index contributed by atoms with van der Waals surface area (Å²) in [6, 6.07) is 10.5. The number of hydrogen-bond acceptors (Lipinski definition) is 2. The van der Waals surface area contributed by atoms with E-state index in [2.05, 4.69) is 65.1 Å². The minimum atomic E-state index is 0.0843. The summed E-state index contributed by atoms with van der Waals surface area (Å²) < 4.78 is 2.17. The van der Waals surface area contributed by atoms with E-state index in [4.69, 9.17) is 12.2 Å². The molecule has 1 aliphatic rings. The number of pyridine rings is 1. The van der Waals surface area contributed by atoms with Crippen LogP contribution in [0.15, 0.2) is 42.7 Å². The van der Waals surface area contributed by atoms with E-state index in [1.165, 1.54) is 5.69 Å². The molecule has 0 aliphatic carbocycles. The molecule has 1 N–H and O–H groups in total. The van der Waals surface area contributed by atoms with Crippen molar-refractivity contribution in [2.24, 2.45) is 13.0 Å². The Morgan fingerprint density at radius 2 is 2.09 bits per heavy atom. The summed E-state index contributed by atoms with van der Waals surface area (Å²) in [5.74, 6) is 0.546. The summed E-state index contributed by atoms with van der Waals surface area (Å²) in [7, 11) is 2.08. The molecule has 0 aromatic carbocycles. The zero-order valence-corrected chi connectivity index (χ0v) is 14.0. The van der Waals surface area contributed by atoms with Crippen LogP contribution in [0.4, 0.5) is 0 Å². The smallest absolute Gasteiger partial charge is 0.170 e. The van der Waals surface area contributed by atoms with E-state index >= 15 is 0 Å². The van der Waals surface area contributed by atoms with E-state index in [1.54, 1.807) is 0 Å². The van der Waals surface area contributed by atoms with Crippen LogP contribution in [0.5, 0.6) is 0 Å². The van der Waals surface area contributed by atoms with Crippen molar-refractivity contribution in [3.8, 4) is 0 Å². The number of aryl methyl sites for hydroxylation is 1. The second-order valence-electron chi connectivity index (χ2n) is 6.22. The molecule has 2 atom stereocenters. The fraction of sp³-hybridized carbons (Fsp3) is 0.412. The van der Waals surface area contributed by atoms with Crippen LogP contribution in [-0.2, 0) is 7.05 Å². The topological polar surface area (TPSA) is 33.1 Å². The highest BCUT2D eigenvalue weighted by molar-refractivity contribution is 7.80. The van der Waals surface area contributed by atoms with E-state index in [9.17, 15) is 0 Å². The highest BCUT2D eigenvalue weighted by Gasteiger charge is 2.40. The van der Waals surface area contributed by atoms with Crippen molar-refractivity contribution in [3.63, 3.8) is 0 Å². The molecule has 2 aromatic rings. The van der Waals surface area contributed by atoms with Crippen LogP contribution in [-0.4, -0.2) is 26.1 Å². The van der Waals surface area contributed by atoms with Gasteiger partial charge in [-0.2, -0.15) is 0 Å². The average Bonchev–Trinajstić information content (AvgIpc) is 3.04. The lowest BCUT2D eigenvalue weighted by atomic mass is 10.0. The predicted molar refractivity (Wildman–Crippen MR) is 92.4 cm³/mol. The first-order valence-electron chi connectivity index (χ1n) is 7.67. The number of rotatable bonds is 4. The molecule has 22 heavy (non-hydrogen) atoms. The van der Waals surface area contributed by atoms with Crippen LogP contribution in [0.2, 0.25) is 0 Å². The molecular weight excluding hydrogens is 292 g/mol. The molecule has 4 nitrogen and oxygen atoms in total. The monoisotopic (exact) mass is 314 g/mol. The standard InChI is InChI=1S/C17H22N4S/c1-12(2)11-21-16(14-8-6-10-20(14)3)15(19-17(21)22)13-7-4-5-9-18-13/h4-10,12,15-16H,11H2,1-3H3,(H,19,22). The molecule has 5 heteroatoms. The van der Waals surface area contributed by atoms with Crippen LogP contribution in [0.1, 0.15) is 37.3 Å². The molecule has 116 valence electrons. The van der Waals surface area contributed by atoms with Gasteiger partial charge in [-0.25, -0.2) is 0 Å². The van der Waals surface area contributed by atoms with E-state index in [-0.39, 0.29) is 12.1 Å². The van der Waals surface area contributed by atoms with Crippen molar-refractivity contribution >= 4 is 17.3 Å². The van der Waals surface area contributed by atoms with Gasteiger partial charge in [0.05, 0.1) is 17.8 Å². The normalized spacial score (nSPS) is 21.5. The quantitative estimate of drug-likeness (QED) is 0.879. The lowest BCUT2D eigenvalue weighted by Gasteiger charge is -2.29. The number of aromatic nitrogens is 2. The zero-order chi connectivity index (χ0) is 15.7. The summed E-state index contributed by atoms with van der Waals surface area (Å²) in [6.45, 7) is 5.38. The first-order chi connectivity index (χ1) is 10.6. The van der Waals surface area contributed by atoms with Crippen molar-refractivity contribution in [1.82, 2.24) is 19.8 Å². The van der Waals surface area contributed by atoms with Crippen LogP contribution >= 0.6 is 12.2 Å². The summed E-state index contributed by atoms with van der Waals surface area (Å²) in [4.78, 5) is 6.84. The van der Waals surface area contributed by atoms with Gasteiger partial charge >= 0.3 is 0 Å². The molecule has 1 fully saturated rings. The third-order valence-electron chi connectivity index (χ3n) is 4.05. The number of nitrogens with one attached hydrogen (secondary N) is 1. The fourth-order valence-electron chi connectivity index (χ4n) is 3.10. The van der Waals surface area contributed by atoms with Crippen molar-refractivity contribution in [2.45, 2.75) is 25.9 Å². The van der Waals surface area contributed by atoms with Gasteiger partial charge in [0.1, 0.15) is 0 Å². The number of nitrogens with zero attached hydrogens (tertiary/aromatic N) is 3. The van der Waals surface area contributed by atoms with Crippen molar-refractivity contribution < 1.29 is 0 Å². The van der Waals surface area contributed by atoms with E-state index in [0.717, 1.165) is 17.4 Å². The van der Waals surface area contributed by atoms with Crippen LogP contribution in [0, 0.1) is 5.92 Å². The Balaban J connectivity index is 2.02. The highest BCUT2D eigenvalue weighted by Crippen LogP contribution is 2.38. The minimum absolute atomic E-state index is 0.0843. The van der Waals surface area contributed by atoms with E-state index in [0.29, 0.717) is 5.92 Å². The highest BCUT2D eigenvalue weighted by atomic mass is 32.1. The van der Waals surface area contributed by atoms with Gasteiger partial charge in [0.2, 0.25) is 0 Å². The van der Waals surface area contributed by atoms with Gasteiger partial charge in [-0.1, -0.05) is 19.9 Å². The Morgan fingerprint density at radius 1 is 1.27 bits per heavy atom. The molecule has 3 rings (SSSR count). The molecule has 0 amide bonds. The fourth-order valence-corrected chi connectivity index (χ4v) is 3.41. The summed E-state index contributed by atoms with van der Waals surface area (Å²) in [6.07, 6.45) is 3.92. The number of hydrogen-bond donors (Lipinski definition) is 1. The summed E-state index contributed by atoms with van der Waals surface area (Å²) >= 11 is 5.61. The third-order valence-corrected chi connectivity index (χ3v) is 4.40. The molecule has 0 saturated carbocycles. The first-order valence-corrected chi connectivity index (χ1v) is 8.08. The lowest BCUT2D eigenvalue weighted by molar-refractivity contribution is 0.278. The van der Waals surface area contributed by atoms with Crippen LogP contribution in [0.25, 0.3) is 0 Å². The Bertz CT molecular complexity index is 650. The maximum Gasteiger partial charge on any atom is 0.170 e. The molecule has 0 bridgehead atoms. The molecule has 1 aliphatic heterocycles. The van der Waals surface area contributed by atoms with Gasteiger partial charge in [-0.15, -0.1) is 0 Å². The maximum absolute atomic E-state index is 5.61. The summed E-state index contributed by atoms with van der Waals surface area (Å²) in [5, 5.41) is 4.29. The van der Waals surface area contributed by atoms with Crippen molar-refractivity contribution in [1.29, 1.82) is 0 Å². The maximum atomic E-state index is 5.61. The Labute approximate surface area is 137 Å². The van der Waals surface area contributed by atoms with Gasteiger partial charge in [0.25, 0.3) is 0 Å². The average molecular weight is 314 g/mol. The van der Waals surface area contributed by atoms with Gasteiger partial charge in [-0.3, -0.25) is 4.98 Å². The second kappa shape index (κ2) is 6.08. The minimum Gasteiger partial charge on any atom is -0.353 e. The van der Waals surface area contributed by atoms with Crippen LogP contribution in [0.3, 0.4) is 0 Å². The molecular formula is C17H22N4S. The van der Waals surface area contributed by atoms with Crippen molar-refractivity contribution in [2.75, 3.05) is 6.54 Å². The van der Waals surface area contributed by atoms with E-state index < -0.39 is 0 Å². The molecule has 0 spiro atoms. The second-order valence-corrected chi connectivity index (χ2v) is 6.60. The Kier molecular flexibility index (Phi) is 4.16. The lowest BCUT2D eigenvalue weighted by Crippen LogP contribution is -2.33. The molecule has 2 aromatic heterocycles. The molecule has 0 radical (unpaired) electrons. The SMILES string of the molecule is CC(C)CN1C(=S)NC(c2ccccn2)C1c1cccn1C. The van der Waals surface area contributed by atoms with E-state index in [1.807, 2.05) is 18.3 Å². The van der Waals surface area contributed by atoms with Gasteiger partial charge in [-0.05, 0) is 42.4 Å².